The molecule has 0 spiro atoms. The molecule has 0 radical (unpaired) electrons. The largest absolute Gasteiger partial charge is 0.396 e. The van der Waals surface area contributed by atoms with E-state index in [1.54, 1.807) is 5.57 Å². The topological polar surface area (TPSA) is 60.7 Å². The lowest BCUT2D eigenvalue weighted by molar-refractivity contribution is 0.0659. The number of rotatable bonds is 8. The zero-order valence-corrected chi connectivity index (χ0v) is 22.8. The normalized spacial score (nSPS) is 35.4. The van der Waals surface area contributed by atoms with Crippen LogP contribution in [0.5, 0.6) is 0 Å². The smallest absolute Gasteiger partial charge is 0.0655 e. The zero-order chi connectivity index (χ0) is 25.9. The van der Waals surface area contributed by atoms with Crippen molar-refractivity contribution >= 4 is 0 Å². The van der Waals surface area contributed by atoms with E-state index in [1.165, 1.54) is 44.9 Å². The number of unbranched alkanes of at least 4 members (excludes halogenated alkanes) is 1. The van der Waals surface area contributed by atoms with Gasteiger partial charge in [-0.15, -0.1) is 0 Å². The molecule has 0 amide bonds. The summed E-state index contributed by atoms with van der Waals surface area (Å²) in [7, 11) is 0. The third-order valence-electron chi connectivity index (χ3n) is 9.77. The van der Waals surface area contributed by atoms with Crippen LogP contribution in [0.15, 0.2) is 65.8 Å². The molecule has 198 valence electrons. The Morgan fingerprint density at radius 2 is 1.86 bits per heavy atom. The highest BCUT2D eigenvalue weighted by atomic mass is 16.3. The number of aliphatic hydroxyl groups is 3. The maximum absolute atomic E-state index is 11.1. The second kappa shape index (κ2) is 11.4. The molecule has 3 aliphatic carbocycles. The number of allylic oxidation sites excluding steroid dienone is 3. The van der Waals surface area contributed by atoms with Gasteiger partial charge in [0.05, 0.1) is 18.3 Å². The quantitative estimate of drug-likeness (QED) is 0.339. The highest BCUT2D eigenvalue weighted by Gasteiger charge is 2.48. The minimum atomic E-state index is -0.552. The summed E-state index contributed by atoms with van der Waals surface area (Å²) in [5, 5.41) is 31.4. The Balaban J connectivity index is 1.46. The summed E-state index contributed by atoms with van der Waals surface area (Å²) in [6.07, 6.45) is 15.4. The van der Waals surface area contributed by atoms with Crippen LogP contribution in [0, 0.1) is 23.2 Å². The van der Waals surface area contributed by atoms with Crippen LogP contribution in [0.2, 0.25) is 0 Å². The maximum atomic E-state index is 11.1. The predicted octanol–water partition coefficient (Wildman–Crippen LogP) is 7.10. The molecule has 3 saturated carbocycles. The lowest BCUT2D eigenvalue weighted by Crippen LogP contribution is -2.35. The molecule has 2 unspecified atom stereocenters. The molecule has 1 aromatic rings. The summed E-state index contributed by atoms with van der Waals surface area (Å²) in [5.74, 6) is 1.16. The summed E-state index contributed by atoms with van der Waals surface area (Å²) in [4.78, 5) is 0. The van der Waals surface area contributed by atoms with E-state index in [4.69, 9.17) is 0 Å². The fourth-order valence-electron chi connectivity index (χ4n) is 7.71. The van der Waals surface area contributed by atoms with Crippen LogP contribution < -0.4 is 0 Å². The standard InChI is InChI=1S/C33H48O3/c1-23-26(21-30(35)31(28(23)22-34)25-11-6-5-7-12-25)16-15-24-13-10-20-33(4)27(17-18-29(24)33)14-8-9-19-32(2,3)36/h5-7,11-12,15-16,27-31,34-36H,1,8-10,13-14,17-22H2,2-4H3/b24-15+,26-16-/t27-,28?,29?,30+,31-,33+/m0/s1. The molecule has 0 heterocycles. The highest BCUT2D eigenvalue weighted by Crippen LogP contribution is 2.58. The molecule has 0 aromatic heterocycles. The van der Waals surface area contributed by atoms with Crippen LogP contribution in [-0.4, -0.2) is 33.6 Å². The lowest BCUT2D eigenvalue weighted by Gasteiger charge is -2.42. The van der Waals surface area contributed by atoms with Gasteiger partial charge in [0.15, 0.2) is 0 Å². The van der Waals surface area contributed by atoms with Gasteiger partial charge in [0, 0.05) is 11.8 Å². The Kier molecular flexibility index (Phi) is 8.64. The molecule has 0 saturated heterocycles. The minimum absolute atomic E-state index is 0.000788. The van der Waals surface area contributed by atoms with Crippen LogP contribution in [0.1, 0.15) is 96.5 Å². The fraction of sp³-hybridized carbons (Fsp3) is 0.636. The molecule has 1 aromatic carbocycles. The maximum Gasteiger partial charge on any atom is 0.0655 e. The van der Waals surface area contributed by atoms with Gasteiger partial charge in [-0.25, -0.2) is 0 Å². The first-order chi connectivity index (χ1) is 17.1. The number of aliphatic hydroxyl groups excluding tert-OH is 2. The van der Waals surface area contributed by atoms with Gasteiger partial charge in [-0.3, -0.25) is 0 Å². The highest BCUT2D eigenvalue weighted by molar-refractivity contribution is 5.42. The van der Waals surface area contributed by atoms with Crippen molar-refractivity contribution in [1.82, 2.24) is 0 Å². The van der Waals surface area contributed by atoms with E-state index >= 15 is 0 Å². The Labute approximate surface area is 219 Å². The lowest BCUT2D eigenvalue weighted by atomic mass is 9.62. The van der Waals surface area contributed by atoms with Crippen LogP contribution in [0.3, 0.4) is 0 Å². The second-order valence-electron chi connectivity index (χ2n) is 12.7. The van der Waals surface area contributed by atoms with Crippen molar-refractivity contribution < 1.29 is 15.3 Å². The first-order valence-electron chi connectivity index (χ1n) is 14.3. The minimum Gasteiger partial charge on any atom is -0.396 e. The van der Waals surface area contributed by atoms with E-state index in [1.807, 2.05) is 44.2 Å². The van der Waals surface area contributed by atoms with Crippen molar-refractivity contribution in [1.29, 1.82) is 0 Å². The zero-order valence-electron chi connectivity index (χ0n) is 22.8. The van der Waals surface area contributed by atoms with Crippen LogP contribution in [0.4, 0.5) is 0 Å². The van der Waals surface area contributed by atoms with E-state index in [0.717, 1.165) is 35.5 Å². The molecule has 6 atom stereocenters. The van der Waals surface area contributed by atoms with Gasteiger partial charge >= 0.3 is 0 Å². The third-order valence-corrected chi connectivity index (χ3v) is 9.77. The Bertz CT molecular complexity index is 953. The van der Waals surface area contributed by atoms with E-state index in [9.17, 15) is 15.3 Å². The average Bonchev–Trinajstić information content (AvgIpc) is 3.18. The second-order valence-corrected chi connectivity index (χ2v) is 12.7. The summed E-state index contributed by atoms with van der Waals surface area (Å²) in [6, 6.07) is 10.1. The number of hydrogen-bond donors (Lipinski definition) is 3. The molecule has 3 nitrogen and oxygen atoms in total. The van der Waals surface area contributed by atoms with Crippen molar-refractivity contribution in [2.45, 2.75) is 103 Å². The number of hydrogen-bond acceptors (Lipinski definition) is 3. The van der Waals surface area contributed by atoms with Gasteiger partial charge in [-0.1, -0.05) is 74.4 Å². The van der Waals surface area contributed by atoms with E-state index < -0.39 is 11.7 Å². The Hall–Kier alpha value is -1.68. The molecular weight excluding hydrogens is 444 g/mol. The Morgan fingerprint density at radius 1 is 1.11 bits per heavy atom. The van der Waals surface area contributed by atoms with Crippen LogP contribution >= 0.6 is 0 Å². The first kappa shape index (κ1) is 27.4. The molecule has 3 aliphatic rings. The summed E-state index contributed by atoms with van der Waals surface area (Å²) in [6.45, 7) is 10.7. The molecular formula is C33H48O3. The van der Waals surface area contributed by atoms with Crippen molar-refractivity contribution in [3.8, 4) is 0 Å². The SMILES string of the molecule is C=C1/C(=C\C=C2/CCC[C@@]3(C)C2CC[C@@H]3CCCCC(C)(C)O)C[C@@H](O)[C@@H](c2ccccc2)C1CO. The molecule has 3 N–H and O–H groups in total. The van der Waals surface area contributed by atoms with Gasteiger partial charge in [0.1, 0.15) is 0 Å². The van der Waals surface area contributed by atoms with E-state index in [0.29, 0.717) is 17.8 Å². The number of fused-ring (bicyclic) bond motifs is 1. The predicted molar refractivity (Wildman–Crippen MR) is 149 cm³/mol. The summed E-state index contributed by atoms with van der Waals surface area (Å²) >= 11 is 0. The molecule has 3 heteroatoms. The van der Waals surface area contributed by atoms with Gasteiger partial charge in [0.2, 0.25) is 0 Å². The van der Waals surface area contributed by atoms with E-state index in [2.05, 4.69) is 25.7 Å². The van der Waals surface area contributed by atoms with Crippen molar-refractivity contribution in [3.63, 3.8) is 0 Å². The molecule has 0 aliphatic heterocycles. The first-order valence-corrected chi connectivity index (χ1v) is 14.3. The summed E-state index contributed by atoms with van der Waals surface area (Å²) in [5.41, 5.74) is 4.54. The van der Waals surface area contributed by atoms with Crippen LogP contribution in [0.25, 0.3) is 0 Å². The molecule has 4 rings (SSSR count). The molecule has 36 heavy (non-hydrogen) atoms. The molecule has 0 bridgehead atoms. The number of benzene rings is 1. The van der Waals surface area contributed by atoms with E-state index in [-0.39, 0.29) is 18.4 Å². The van der Waals surface area contributed by atoms with Gasteiger partial charge < -0.3 is 15.3 Å². The van der Waals surface area contributed by atoms with Gasteiger partial charge in [0.25, 0.3) is 0 Å². The summed E-state index contributed by atoms with van der Waals surface area (Å²) < 4.78 is 0. The van der Waals surface area contributed by atoms with Gasteiger partial charge in [-0.05, 0) is 99.2 Å². The monoisotopic (exact) mass is 492 g/mol. The van der Waals surface area contributed by atoms with Crippen LogP contribution in [-0.2, 0) is 0 Å². The average molecular weight is 493 g/mol. The fourth-order valence-corrected chi connectivity index (χ4v) is 7.71. The third kappa shape index (κ3) is 5.90. The van der Waals surface area contributed by atoms with Crippen molar-refractivity contribution in [2.75, 3.05) is 6.61 Å². The van der Waals surface area contributed by atoms with Crippen molar-refractivity contribution in [2.24, 2.45) is 23.2 Å². The van der Waals surface area contributed by atoms with Crippen molar-refractivity contribution in [3.05, 3.63) is 71.3 Å². The van der Waals surface area contributed by atoms with Gasteiger partial charge in [-0.2, -0.15) is 0 Å². The molecule has 3 fully saturated rings. The Morgan fingerprint density at radius 3 is 2.56 bits per heavy atom.